The third-order valence-electron chi connectivity index (χ3n) is 7.14. The third kappa shape index (κ3) is 1.84. The molecule has 0 spiro atoms. The Balaban J connectivity index is 1.72. The lowest BCUT2D eigenvalue weighted by molar-refractivity contribution is -0.145. The molecule has 27 heavy (non-hydrogen) atoms. The second-order valence-corrected chi connectivity index (χ2v) is 8.35. The van der Waals surface area contributed by atoms with Gasteiger partial charge in [-0.05, 0) is 42.5 Å². The van der Waals surface area contributed by atoms with Gasteiger partial charge in [0.05, 0.1) is 28.6 Å². The van der Waals surface area contributed by atoms with E-state index in [1.54, 1.807) is 24.5 Å². The highest BCUT2D eigenvalue weighted by Gasteiger charge is 2.74. The van der Waals surface area contributed by atoms with Gasteiger partial charge in [0, 0.05) is 11.6 Å². The van der Waals surface area contributed by atoms with Crippen LogP contribution < -0.4 is 4.74 Å². The molecule has 2 atom stereocenters. The summed E-state index contributed by atoms with van der Waals surface area (Å²) in [7, 11) is 0. The predicted molar refractivity (Wildman–Crippen MR) is 101 cm³/mol. The van der Waals surface area contributed by atoms with Crippen LogP contribution in [0.3, 0.4) is 0 Å². The van der Waals surface area contributed by atoms with Crippen molar-refractivity contribution in [3.63, 3.8) is 0 Å². The summed E-state index contributed by atoms with van der Waals surface area (Å²) < 4.78 is 5.80. The van der Waals surface area contributed by atoms with Gasteiger partial charge in [-0.2, -0.15) is 0 Å². The number of hydrogen-bond acceptors (Lipinski definition) is 5. The van der Waals surface area contributed by atoms with Gasteiger partial charge in [0.25, 0.3) is 0 Å². The maximum atomic E-state index is 13.5. The first-order valence-corrected chi connectivity index (χ1v) is 9.30. The van der Waals surface area contributed by atoms with Crippen molar-refractivity contribution in [3.8, 4) is 5.75 Å². The van der Waals surface area contributed by atoms with E-state index < -0.39 is 5.41 Å². The monoisotopic (exact) mass is 359 g/mol. The molecule has 0 unspecified atom stereocenters. The Hall–Kier alpha value is -2.82. The van der Waals surface area contributed by atoms with E-state index in [0.29, 0.717) is 5.75 Å². The quantitative estimate of drug-likeness (QED) is 0.648. The van der Waals surface area contributed by atoms with E-state index >= 15 is 0 Å². The number of carbonyl (C=O) groups excluding carboxylic acids is 1. The fraction of sp³-hybridized carbons (Fsp3) is 0.364. The van der Waals surface area contributed by atoms with Crippen LogP contribution >= 0.6 is 0 Å². The number of rotatable bonds is 2. The molecule has 3 aromatic rings. The van der Waals surface area contributed by atoms with Gasteiger partial charge in [0.15, 0.2) is 0 Å². The van der Waals surface area contributed by atoms with Crippen LogP contribution in [0.5, 0.6) is 5.75 Å². The molecular weight excluding hydrogens is 338 g/mol. The lowest BCUT2D eigenvalue weighted by Gasteiger charge is -2.38. The topological polar surface area (TPSA) is 65.0 Å². The summed E-state index contributed by atoms with van der Waals surface area (Å²) in [6, 6.07) is 11.4. The average Bonchev–Trinajstić information content (AvgIpc) is 2.97. The number of esters is 1. The first-order valence-electron chi connectivity index (χ1n) is 9.30. The van der Waals surface area contributed by atoms with Gasteiger partial charge in [-0.1, -0.05) is 32.9 Å². The highest BCUT2D eigenvalue weighted by molar-refractivity contribution is 5.90. The van der Waals surface area contributed by atoms with Crippen LogP contribution in [0.2, 0.25) is 0 Å². The molecule has 2 bridgehead atoms. The normalized spacial score (nSPS) is 27.5. The Labute approximate surface area is 157 Å². The minimum atomic E-state index is -0.802. The molecule has 5 nitrogen and oxygen atoms in total. The number of para-hydroxylation sites is 2. The predicted octanol–water partition coefficient (Wildman–Crippen LogP) is 3.96. The van der Waals surface area contributed by atoms with Gasteiger partial charge >= 0.3 is 5.97 Å². The largest absolute Gasteiger partial charge is 0.424 e. The Bertz CT molecular complexity index is 1080. The van der Waals surface area contributed by atoms with Crippen molar-refractivity contribution >= 4 is 17.0 Å². The fourth-order valence-corrected chi connectivity index (χ4v) is 5.10. The van der Waals surface area contributed by atoms with Crippen molar-refractivity contribution in [2.75, 3.05) is 0 Å². The molecule has 2 aromatic heterocycles. The molecular formula is C22H21N3O2. The van der Waals surface area contributed by atoms with Crippen molar-refractivity contribution in [2.45, 2.75) is 44.4 Å². The Kier molecular flexibility index (Phi) is 3.10. The van der Waals surface area contributed by atoms with E-state index in [0.717, 1.165) is 35.3 Å². The number of fused-ring (bicyclic) bond motifs is 6. The number of carbonyl (C=O) groups is 1. The van der Waals surface area contributed by atoms with Crippen molar-refractivity contribution < 1.29 is 9.53 Å². The minimum Gasteiger partial charge on any atom is -0.424 e. The summed E-state index contributed by atoms with van der Waals surface area (Å²) in [5.41, 5.74) is 2.05. The summed E-state index contributed by atoms with van der Waals surface area (Å²) in [5.74, 6) is 0.205. The summed E-state index contributed by atoms with van der Waals surface area (Å²) in [6.07, 6.45) is 4.84. The molecule has 136 valence electrons. The zero-order chi connectivity index (χ0) is 18.9. The second-order valence-electron chi connectivity index (χ2n) is 8.35. The molecule has 2 aliphatic rings. The smallest absolute Gasteiger partial charge is 0.324 e. The van der Waals surface area contributed by atoms with Crippen LogP contribution in [-0.4, -0.2) is 20.9 Å². The summed E-state index contributed by atoms with van der Waals surface area (Å²) in [5, 5.41) is 0. The Morgan fingerprint density at radius 3 is 2.33 bits per heavy atom. The van der Waals surface area contributed by atoms with E-state index in [-0.39, 0.29) is 16.8 Å². The van der Waals surface area contributed by atoms with Crippen LogP contribution in [0, 0.1) is 5.41 Å². The zero-order valence-electron chi connectivity index (χ0n) is 15.7. The lowest BCUT2D eigenvalue weighted by atomic mass is 9.64. The Morgan fingerprint density at radius 2 is 1.67 bits per heavy atom. The first kappa shape index (κ1) is 16.4. The zero-order valence-corrected chi connectivity index (χ0v) is 15.7. The molecule has 1 saturated carbocycles. The molecule has 0 N–H and O–H groups in total. The molecule has 5 heteroatoms. The minimum absolute atomic E-state index is 0.215. The summed E-state index contributed by atoms with van der Waals surface area (Å²) >= 11 is 0. The summed E-state index contributed by atoms with van der Waals surface area (Å²) in [6.45, 7) is 6.51. The van der Waals surface area contributed by atoms with Crippen LogP contribution in [0.25, 0.3) is 11.0 Å². The van der Waals surface area contributed by atoms with E-state index in [1.165, 1.54) is 0 Å². The van der Waals surface area contributed by atoms with E-state index in [2.05, 4.69) is 25.8 Å². The maximum Gasteiger partial charge on any atom is 0.324 e. The van der Waals surface area contributed by atoms with Gasteiger partial charge < -0.3 is 4.74 Å². The molecule has 2 aliphatic carbocycles. The van der Waals surface area contributed by atoms with Gasteiger partial charge in [0.2, 0.25) is 0 Å². The van der Waals surface area contributed by atoms with Crippen LogP contribution in [0.4, 0.5) is 0 Å². The van der Waals surface area contributed by atoms with E-state index in [4.69, 9.17) is 14.7 Å². The van der Waals surface area contributed by atoms with E-state index in [1.807, 2.05) is 24.3 Å². The lowest BCUT2D eigenvalue weighted by Crippen LogP contribution is -2.48. The number of pyridine rings is 1. The van der Waals surface area contributed by atoms with Gasteiger partial charge in [-0.15, -0.1) is 0 Å². The number of ether oxygens (including phenoxy) is 1. The fourth-order valence-electron chi connectivity index (χ4n) is 5.10. The standard InChI is InChI=1S/C22H21N3O2/c1-20(2)21(3)10-11-22(20,19(26)27-14-7-6-12-23-13-14)18-17(21)24-15-8-4-5-9-16(15)25-18/h4-9,12-13H,10-11H2,1-3H3/t21-,22+/m1/s1. The highest BCUT2D eigenvalue weighted by Crippen LogP contribution is 2.70. The van der Waals surface area contributed by atoms with E-state index in [9.17, 15) is 4.79 Å². The first-order chi connectivity index (χ1) is 12.9. The van der Waals surface area contributed by atoms with Crippen LogP contribution in [0.1, 0.15) is 45.0 Å². The SMILES string of the molecule is CC1(C)[C@]2(C)CC[C@@]1(C(=O)Oc1cccnc1)c1nc3ccccc3nc12. The van der Waals surface area contributed by atoms with Crippen molar-refractivity contribution in [1.82, 2.24) is 15.0 Å². The highest BCUT2D eigenvalue weighted by atomic mass is 16.5. The van der Waals surface area contributed by atoms with Gasteiger partial charge in [0.1, 0.15) is 11.2 Å². The number of benzene rings is 1. The molecule has 0 amide bonds. The molecule has 0 radical (unpaired) electrons. The van der Waals surface area contributed by atoms with Gasteiger partial charge in [-0.3, -0.25) is 9.78 Å². The number of aromatic nitrogens is 3. The van der Waals surface area contributed by atoms with Crippen molar-refractivity contribution in [2.24, 2.45) is 5.41 Å². The van der Waals surface area contributed by atoms with Crippen LogP contribution in [-0.2, 0) is 15.6 Å². The average molecular weight is 359 g/mol. The molecule has 0 saturated heterocycles. The van der Waals surface area contributed by atoms with Crippen molar-refractivity contribution in [1.29, 1.82) is 0 Å². The molecule has 1 fully saturated rings. The third-order valence-corrected chi connectivity index (χ3v) is 7.14. The molecule has 1 aromatic carbocycles. The maximum absolute atomic E-state index is 13.5. The number of hydrogen-bond donors (Lipinski definition) is 0. The second kappa shape index (κ2) is 5.12. The van der Waals surface area contributed by atoms with Crippen molar-refractivity contribution in [3.05, 3.63) is 60.2 Å². The molecule has 2 heterocycles. The summed E-state index contributed by atoms with van der Waals surface area (Å²) in [4.78, 5) is 27.5. The Morgan fingerprint density at radius 1 is 0.963 bits per heavy atom. The molecule has 0 aliphatic heterocycles. The molecule has 5 rings (SSSR count). The van der Waals surface area contributed by atoms with Gasteiger partial charge in [-0.25, -0.2) is 9.97 Å². The van der Waals surface area contributed by atoms with Crippen LogP contribution in [0.15, 0.2) is 48.8 Å². The number of nitrogens with zero attached hydrogens (tertiary/aromatic N) is 3.